The van der Waals surface area contributed by atoms with Crippen LogP contribution in [0.5, 0.6) is 0 Å². The summed E-state index contributed by atoms with van der Waals surface area (Å²) in [6.07, 6.45) is 9.15. The van der Waals surface area contributed by atoms with Crippen LogP contribution in [0.25, 0.3) is 29.9 Å². The number of nitrogens with one attached hydrogen (secondary N) is 4. The lowest BCUT2D eigenvalue weighted by atomic mass is 9.85. The van der Waals surface area contributed by atoms with Crippen molar-refractivity contribution in [1.82, 2.24) is 20.3 Å². The van der Waals surface area contributed by atoms with Crippen LogP contribution in [0.4, 0.5) is 0 Å². The molecule has 3 atom stereocenters. The molecule has 0 saturated carbocycles. The first kappa shape index (κ1) is 28.9. The molecule has 0 aromatic carbocycles. The summed E-state index contributed by atoms with van der Waals surface area (Å²) in [4.78, 5) is 55.4. The molecule has 0 spiro atoms. The SMILES string of the molecule is C=Cc1c2[nH]c(c1C)/C=C1\N/C(=C3\c4[nH]c(c(C)c4C(=O)[C@@H]3C(=O)[O+]3CO3)/C=c3\[nH]/c(c(C)c3CC)=C\2)[C@@H](CCC(=O)O)[C@@H]1C. The van der Waals surface area contributed by atoms with Gasteiger partial charge in [-0.15, -0.1) is 0 Å². The summed E-state index contributed by atoms with van der Waals surface area (Å²) in [5, 5.41) is 15.2. The quantitative estimate of drug-likeness (QED) is 0.0938. The number of fused-ring (bicyclic) bond motifs is 7. The van der Waals surface area contributed by atoms with Crippen LogP contribution in [0.2, 0.25) is 0 Å². The fourth-order valence-corrected chi connectivity index (χ4v) is 7.43. The highest BCUT2D eigenvalue weighted by atomic mass is 17.5. The smallest absolute Gasteiger partial charge is 0.481 e. The highest BCUT2D eigenvalue weighted by Gasteiger charge is 2.56. The molecule has 0 radical (unpaired) electrons. The summed E-state index contributed by atoms with van der Waals surface area (Å²) >= 11 is 0. The van der Waals surface area contributed by atoms with E-state index in [1.807, 2.05) is 26.0 Å². The van der Waals surface area contributed by atoms with E-state index in [0.717, 1.165) is 62.2 Å². The minimum atomic E-state index is -1.13. The zero-order valence-corrected chi connectivity index (χ0v) is 26.1. The molecule has 5 N–H and O–H groups in total. The molecular formula is C35H37N4O6+. The van der Waals surface area contributed by atoms with Gasteiger partial charge in [0.1, 0.15) is 0 Å². The number of Topliss-reactive ketones (excluding diaryl/α,β-unsaturated/α-hetero) is 1. The van der Waals surface area contributed by atoms with Gasteiger partial charge in [-0.2, -0.15) is 0 Å². The van der Waals surface area contributed by atoms with E-state index >= 15 is 0 Å². The normalized spacial score (nSPS) is 25.6. The van der Waals surface area contributed by atoms with Gasteiger partial charge in [0.05, 0.1) is 5.69 Å². The van der Waals surface area contributed by atoms with Crippen molar-refractivity contribution in [2.24, 2.45) is 17.8 Å². The second-order valence-electron chi connectivity index (χ2n) is 12.4. The minimum Gasteiger partial charge on any atom is -0.481 e. The van der Waals surface area contributed by atoms with Crippen molar-refractivity contribution >= 4 is 47.6 Å². The molecule has 0 amide bonds. The van der Waals surface area contributed by atoms with Crippen LogP contribution >= 0.6 is 0 Å². The number of carbonyl (C=O) groups excluding carboxylic acids is 2. The molecule has 7 rings (SSSR count). The van der Waals surface area contributed by atoms with Crippen LogP contribution in [-0.4, -0.2) is 44.6 Å². The zero-order valence-electron chi connectivity index (χ0n) is 26.1. The topological polar surface area (TPSA) is 146 Å². The summed E-state index contributed by atoms with van der Waals surface area (Å²) in [5.41, 5.74) is 10.9. The molecule has 45 heavy (non-hydrogen) atoms. The maximum absolute atomic E-state index is 14.2. The van der Waals surface area contributed by atoms with Crippen LogP contribution in [0.15, 0.2) is 18.0 Å². The van der Waals surface area contributed by atoms with Gasteiger partial charge in [-0.25, -0.2) is 0 Å². The lowest BCUT2D eigenvalue weighted by Crippen LogP contribution is -2.26. The van der Waals surface area contributed by atoms with E-state index in [1.54, 1.807) is 0 Å². The summed E-state index contributed by atoms with van der Waals surface area (Å²) < 4.78 is 2.11. The van der Waals surface area contributed by atoms with Crippen molar-refractivity contribution in [3.8, 4) is 0 Å². The zero-order chi connectivity index (χ0) is 31.9. The first-order valence-corrected chi connectivity index (χ1v) is 15.4. The van der Waals surface area contributed by atoms with Crippen molar-refractivity contribution in [3.05, 3.63) is 84.8 Å². The number of carbonyl (C=O) groups is 3. The molecule has 3 aromatic rings. The van der Waals surface area contributed by atoms with Crippen LogP contribution in [0.1, 0.15) is 87.6 Å². The monoisotopic (exact) mass is 609 g/mol. The summed E-state index contributed by atoms with van der Waals surface area (Å²) in [6, 6.07) is 0. The number of carboxylic acids is 1. The second-order valence-corrected chi connectivity index (χ2v) is 12.4. The third-order valence-corrected chi connectivity index (χ3v) is 10.0. The van der Waals surface area contributed by atoms with Gasteiger partial charge in [0, 0.05) is 78.9 Å². The maximum atomic E-state index is 14.2. The molecule has 4 aliphatic rings. The van der Waals surface area contributed by atoms with E-state index in [9.17, 15) is 19.5 Å². The van der Waals surface area contributed by atoms with Crippen LogP contribution in [0, 0.1) is 38.5 Å². The van der Waals surface area contributed by atoms with E-state index in [0.29, 0.717) is 28.9 Å². The van der Waals surface area contributed by atoms with Gasteiger partial charge in [0.2, 0.25) is 5.92 Å². The van der Waals surface area contributed by atoms with Gasteiger partial charge in [-0.05, 0) is 74.1 Å². The van der Waals surface area contributed by atoms with Crippen LogP contribution in [-0.2, 0) is 25.4 Å². The Morgan fingerprint density at radius 2 is 1.76 bits per heavy atom. The lowest BCUT2D eigenvalue weighted by molar-refractivity contribution is -0.191. The number of aromatic amines is 3. The Balaban J connectivity index is 1.57. The number of aromatic nitrogens is 3. The third-order valence-electron chi connectivity index (χ3n) is 10.0. The number of carboxylic acid groups (broad SMARTS) is 1. The van der Waals surface area contributed by atoms with Gasteiger partial charge >= 0.3 is 18.7 Å². The molecular weight excluding hydrogens is 572 g/mol. The van der Waals surface area contributed by atoms with Gasteiger partial charge in [0.25, 0.3) is 0 Å². The van der Waals surface area contributed by atoms with Crippen LogP contribution < -0.4 is 16.0 Å². The van der Waals surface area contributed by atoms with Crippen molar-refractivity contribution < 1.29 is 28.9 Å². The third kappa shape index (κ3) is 4.38. The summed E-state index contributed by atoms with van der Waals surface area (Å²) in [5.74, 6) is -3.22. The van der Waals surface area contributed by atoms with E-state index in [4.69, 9.17) is 4.89 Å². The number of H-pyrrole nitrogens is 3. The largest absolute Gasteiger partial charge is 0.570 e. The van der Waals surface area contributed by atoms with Crippen molar-refractivity contribution in [3.63, 3.8) is 0 Å². The van der Waals surface area contributed by atoms with Gasteiger partial charge in [0.15, 0.2) is 5.78 Å². The predicted molar refractivity (Wildman–Crippen MR) is 170 cm³/mol. The average molecular weight is 610 g/mol. The Bertz CT molecular complexity index is 2030. The number of aliphatic carboxylic acids is 1. The van der Waals surface area contributed by atoms with Crippen molar-refractivity contribution in [2.45, 2.75) is 53.9 Å². The highest BCUT2D eigenvalue weighted by molar-refractivity contribution is 6.24. The van der Waals surface area contributed by atoms with E-state index < -0.39 is 17.9 Å². The average Bonchev–Trinajstić information content (AvgIpc) is 3.45. The van der Waals surface area contributed by atoms with E-state index in [2.05, 4.69) is 64.3 Å². The fourth-order valence-electron chi connectivity index (χ4n) is 7.43. The Hall–Kier alpha value is -4.83. The van der Waals surface area contributed by atoms with E-state index in [1.165, 1.54) is 5.56 Å². The molecule has 0 unspecified atom stereocenters. The molecule has 3 aromatic heterocycles. The Morgan fingerprint density at radius 3 is 2.42 bits per heavy atom. The fraction of sp³-hybridized carbons (Fsp3) is 0.343. The molecule has 6 heterocycles. The molecule has 2 saturated heterocycles. The van der Waals surface area contributed by atoms with Gasteiger partial charge < -0.3 is 29.9 Å². The number of hydrogen-bond donors (Lipinski definition) is 5. The predicted octanol–water partition coefficient (Wildman–Crippen LogP) is 4.04. The summed E-state index contributed by atoms with van der Waals surface area (Å²) in [6.45, 7) is 14.4. The highest BCUT2D eigenvalue weighted by Crippen LogP contribution is 2.49. The number of allylic oxidation sites excluding steroid dienone is 2. The van der Waals surface area contributed by atoms with Gasteiger partial charge in [-0.1, -0.05) is 31.4 Å². The molecule has 1 aliphatic carbocycles. The first-order valence-electron chi connectivity index (χ1n) is 15.4. The molecule has 2 fully saturated rings. The lowest BCUT2D eigenvalue weighted by Gasteiger charge is -2.18. The Kier molecular flexibility index (Phi) is 6.67. The number of rotatable bonds is 6. The number of ketones is 1. The molecule has 10 heteroatoms. The second kappa shape index (κ2) is 10.4. The van der Waals surface area contributed by atoms with E-state index in [-0.39, 0.29) is 30.8 Å². The molecule has 3 aliphatic heterocycles. The minimum absolute atomic E-state index is 0.0533. The molecule has 10 nitrogen and oxygen atoms in total. The maximum Gasteiger partial charge on any atom is 0.570 e. The summed E-state index contributed by atoms with van der Waals surface area (Å²) in [7, 11) is 0. The van der Waals surface area contributed by atoms with Crippen molar-refractivity contribution in [2.75, 3.05) is 6.79 Å². The van der Waals surface area contributed by atoms with Gasteiger partial charge in [-0.3, -0.25) is 9.59 Å². The van der Waals surface area contributed by atoms with Crippen molar-refractivity contribution in [1.29, 1.82) is 0 Å². The molecule has 232 valence electrons. The first-order chi connectivity index (χ1) is 21.5. The number of hydrogen-bond acceptors (Lipinski definition) is 5. The standard InChI is InChI=1S/C35H36N4O6/c1-7-19-15(3)22-11-24-17(5)21(9-10-28(40)41)32(38-24)30-31(35(43)45-14-44-45)34(42)29-18(6)25(39-33(29)30)13-27-20(8-2)16(4)23(37-27)12-26(19)36-22/h7,11-13,17,21,31,36-37H,1,8-10,14H2,2-6H3,(H2-,38,39,40,41,42)/p+1/b23-12-,24-11-,27-13-/t17-,21-,31+/m0/s1. The molecule has 8 bridgehead atoms. The Labute approximate surface area is 259 Å². The Morgan fingerprint density at radius 1 is 1.04 bits per heavy atom. The van der Waals surface area contributed by atoms with Crippen LogP contribution in [0.3, 0.4) is 0 Å².